The molecule has 5 nitrogen and oxygen atoms in total. The number of nitrogens with one attached hydrogen (secondary N) is 2. The van der Waals surface area contributed by atoms with E-state index in [1.807, 2.05) is 60.0 Å². The molecule has 3 rings (SSSR count). The lowest BCUT2D eigenvalue weighted by Gasteiger charge is -2.18. The van der Waals surface area contributed by atoms with E-state index in [-0.39, 0.29) is 12.1 Å². The number of aromatic nitrogens is 1. The fourth-order valence-electron chi connectivity index (χ4n) is 2.52. The quantitative estimate of drug-likeness (QED) is 0.709. The van der Waals surface area contributed by atoms with Gasteiger partial charge in [-0.3, -0.25) is 0 Å². The lowest BCUT2D eigenvalue weighted by Crippen LogP contribution is -2.37. The third-order valence-electron chi connectivity index (χ3n) is 3.72. The van der Waals surface area contributed by atoms with Gasteiger partial charge in [0.1, 0.15) is 0 Å². The van der Waals surface area contributed by atoms with Crippen LogP contribution in [0.5, 0.6) is 5.88 Å². The first-order valence-electron chi connectivity index (χ1n) is 7.88. The van der Waals surface area contributed by atoms with Gasteiger partial charge < -0.3 is 15.4 Å². The Labute approximate surface area is 150 Å². The van der Waals surface area contributed by atoms with Gasteiger partial charge in [-0.2, -0.15) is 0 Å². The summed E-state index contributed by atoms with van der Waals surface area (Å²) in [4.78, 5) is 17.6. The molecule has 1 atom stereocenters. The molecular formula is C19H19N3O2S. The maximum atomic E-state index is 12.4. The molecule has 0 bridgehead atoms. The smallest absolute Gasteiger partial charge is 0.315 e. The van der Waals surface area contributed by atoms with Crippen LogP contribution in [0.1, 0.15) is 22.0 Å². The van der Waals surface area contributed by atoms with Crippen LogP contribution in [0.15, 0.2) is 66.2 Å². The molecule has 2 amide bonds. The first kappa shape index (κ1) is 17.0. The van der Waals surface area contributed by atoms with Crippen LogP contribution < -0.4 is 15.4 Å². The molecule has 3 aromatic rings. The SMILES string of the molecule is COc1ncccc1CNC(=O)N[C@@H](c1ccccc1)c1cccs1. The molecule has 0 aliphatic carbocycles. The Kier molecular flexibility index (Phi) is 5.64. The number of nitrogens with zero attached hydrogens (tertiary/aromatic N) is 1. The molecule has 0 saturated heterocycles. The second-order valence-electron chi connectivity index (χ2n) is 5.36. The summed E-state index contributed by atoms with van der Waals surface area (Å²) in [6.45, 7) is 0.342. The van der Waals surface area contributed by atoms with Gasteiger partial charge in [-0.15, -0.1) is 11.3 Å². The van der Waals surface area contributed by atoms with Crippen molar-refractivity contribution in [3.8, 4) is 5.88 Å². The molecule has 0 unspecified atom stereocenters. The average molecular weight is 353 g/mol. The van der Waals surface area contributed by atoms with Crippen molar-refractivity contribution in [2.45, 2.75) is 12.6 Å². The lowest BCUT2D eigenvalue weighted by atomic mass is 10.1. The summed E-state index contributed by atoms with van der Waals surface area (Å²) >= 11 is 1.62. The third kappa shape index (κ3) is 4.36. The number of amides is 2. The van der Waals surface area contributed by atoms with Crippen LogP contribution in [0.2, 0.25) is 0 Å². The van der Waals surface area contributed by atoms with Crippen LogP contribution >= 0.6 is 11.3 Å². The zero-order valence-corrected chi connectivity index (χ0v) is 14.6. The molecule has 2 heterocycles. The molecule has 0 spiro atoms. The van der Waals surface area contributed by atoms with Crippen LogP contribution in [0.25, 0.3) is 0 Å². The Balaban J connectivity index is 1.69. The van der Waals surface area contributed by atoms with Crippen molar-refractivity contribution in [2.75, 3.05) is 7.11 Å². The van der Waals surface area contributed by atoms with Crippen molar-refractivity contribution in [2.24, 2.45) is 0 Å². The molecule has 128 valence electrons. The van der Waals surface area contributed by atoms with E-state index < -0.39 is 0 Å². The molecule has 1 aromatic carbocycles. The molecule has 0 aliphatic heterocycles. The number of ether oxygens (including phenoxy) is 1. The number of urea groups is 1. The van der Waals surface area contributed by atoms with Gasteiger partial charge in [0.15, 0.2) is 0 Å². The number of methoxy groups -OCH3 is 1. The molecule has 2 aromatic heterocycles. The summed E-state index contributed by atoms with van der Waals surface area (Å²) in [6.07, 6.45) is 1.66. The van der Waals surface area contributed by atoms with Crippen molar-refractivity contribution in [3.63, 3.8) is 0 Å². The van der Waals surface area contributed by atoms with Crippen LogP contribution in [-0.4, -0.2) is 18.1 Å². The van der Waals surface area contributed by atoms with E-state index in [1.54, 1.807) is 24.6 Å². The Morgan fingerprint density at radius 2 is 2.00 bits per heavy atom. The zero-order valence-electron chi connectivity index (χ0n) is 13.8. The number of carbonyl (C=O) groups excluding carboxylic acids is 1. The van der Waals surface area contributed by atoms with E-state index in [9.17, 15) is 4.79 Å². The average Bonchev–Trinajstić information content (AvgIpc) is 3.20. The third-order valence-corrected chi connectivity index (χ3v) is 4.66. The van der Waals surface area contributed by atoms with Crippen molar-refractivity contribution in [3.05, 3.63) is 82.2 Å². The highest BCUT2D eigenvalue weighted by Gasteiger charge is 2.17. The van der Waals surface area contributed by atoms with Crippen LogP contribution in [0.4, 0.5) is 4.79 Å². The minimum atomic E-state index is -0.242. The van der Waals surface area contributed by atoms with Crippen molar-refractivity contribution in [1.82, 2.24) is 15.6 Å². The fourth-order valence-corrected chi connectivity index (χ4v) is 3.32. The monoisotopic (exact) mass is 353 g/mol. The van der Waals surface area contributed by atoms with Gasteiger partial charge in [0.25, 0.3) is 0 Å². The first-order chi connectivity index (χ1) is 12.3. The highest BCUT2D eigenvalue weighted by atomic mass is 32.1. The van der Waals surface area contributed by atoms with Gasteiger partial charge in [0.2, 0.25) is 5.88 Å². The summed E-state index contributed by atoms with van der Waals surface area (Å²) in [6, 6.07) is 17.2. The highest BCUT2D eigenvalue weighted by molar-refractivity contribution is 7.10. The molecule has 6 heteroatoms. The van der Waals surface area contributed by atoms with Crippen molar-refractivity contribution < 1.29 is 9.53 Å². The normalized spacial score (nSPS) is 11.6. The molecule has 25 heavy (non-hydrogen) atoms. The minimum absolute atomic E-state index is 0.183. The van der Waals surface area contributed by atoms with E-state index in [4.69, 9.17) is 4.74 Å². The van der Waals surface area contributed by atoms with Crippen LogP contribution in [0, 0.1) is 0 Å². The van der Waals surface area contributed by atoms with Crippen LogP contribution in [0.3, 0.4) is 0 Å². The summed E-state index contributed by atoms with van der Waals surface area (Å²) in [5.41, 5.74) is 1.87. The number of carbonyl (C=O) groups is 1. The molecule has 0 aliphatic rings. The number of pyridine rings is 1. The fraction of sp³-hybridized carbons (Fsp3) is 0.158. The minimum Gasteiger partial charge on any atom is -0.481 e. The Hall–Kier alpha value is -2.86. The highest BCUT2D eigenvalue weighted by Crippen LogP contribution is 2.25. The molecular weight excluding hydrogens is 334 g/mol. The lowest BCUT2D eigenvalue weighted by molar-refractivity contribution is 0.238. The summed E-state index contributed by atoms with van der Waals surface area (Å²) in [5.74, 6) is 0.515. The first-order valence-corrected chi connectivity index (χ1v) is 8.76. The molecule has 0 radical (unpaired) electrons. The maximum Gasteiger partial charge on any atom is 0.315 e. The topological polar surface area (TPSA) is 63.2 Å². The predicted molar refractivity (Wildman–Crippen MR) is 98.8 cm³/mol. The largest absolute Gasteiger partial charge is 0.481 e. The molecule has 2 N–H and O–H groups in total. The molecule has 0 saturated carbocycles. The number of hydrogen-bond acceptors (Lipinski definition) is 4. The van der Waals surface area contributed by atoms with Crippen molar-refractivity contribution in [1.29, 1.82) is 0 Å². The second kappa shape index (κ2) is 8.30. The maximum absolute atomic E-state index is 12.4. The van der Waals surface area contributed by atoms with Gasteiger partial charge in [-0.1, -0.05) is 42.5 Å². The summed E-state index contributed by atoms with van der Waals surface area (Å²) in [5, 5.41) is 7.92. The second-order valence-corrected chi connectivity index (χ2v) is 6.34. The van der Waals surface area contributed by atoms with Crippen LogP contribution in [-0.2, 0) is 6.54 Å². The summed E-state index contributed by atoms with van der Waals surface area (Å²) in [7, 11) is 1.56. The van der Waals surface area contributed by atoms with Gasteiger partial charge in [-0.25, -0.2) is 9.78 Å². The Morgan fingerprint density at radius 1 is 1.16 bits per heavy atom. The molecule has 0 fully saturated rings. The van der Waals surface area contributed by atoms with Gasteiger partial charge in [0.05, 0.1) is 13.2 Å². The van der Waals surface area contributed by atoms with E-state index >= 15 is 0 Å². The van der Waals surface area contributed by atoms with Gasteiger partial charge in [0, 0.05) is 23.2 Å². The van der Waals surface area contributed by atoms with E-state index in [1.165, 1.54) is 0 Å². The number of hydrogen-bond donors (Lipinski definition) is 2. The predicted octanol–water partition coefficient (Wildman–Crippen LogP) is 3.74. The number of rotatable bonds is 6. The standard InChI is InChI=1S/C19H19N3O2S/c1-24-18-15(9-5-11-20-18)13-21-19(23)22-17(16-10-6-12-25-16)14-7-3-2-4-8-14/h2-12,17H,13H2,1H3,(H2,21,22,23)/t17-/m0/s1. The Bertz CT molecular complexity index is 807. The summed E-state index contributed by atoms with van der Waals surface area (Å²) < 4.78 is 5.21. The number of thiophene rings is 1. The van der Waals surface area contributed by atoms with E-state index in [2.05, 4.69) is 15.6 Å². The van der Waals surface area contributed by atoms with E-state index in [0.29, 0.717) is 12.4 Å². The number of benzene rings is 1. The zero-order chi connectivity index (χ0) is 17.5. The Morgan fingerprint density at radius 3 is 2.72 bits per heavy atom. The van der Waals surface area contributed by atoms with Gasteiger partial charge in [-0.05, 0) is 23.1 Å². The van der Waals surface area contributed by atoms with Gasteiger partial charge >= 0.3 is 6.03 Å². The van der Waals surface area contributed by atoms with Crippen molar-refractivity contribution >= 4 is 17.4 Å². The van der Waals surface area contributed by atoms with E-state index in [0.717, 1.165) is 16.0 Å².